The number of hydrogen-bond donors (Lipinski definition) is 2. The van der Waals surface area contributed by atoms with Crippen molar-refractivity contribution in [2.24, 2.45) is 0 Å². The van der Waals surface area contributed by atoms with Crippen molar-refractivity contribution in [1.82, 2.24) is 10.2 Å². The van der Waals surface area contributed by atoms with Gasteiger partial charge in [-0.3, -0.25) is 9.69 Å². The summed E-state index contributed by atoms with van der Waals surface area (Å²) in [5.41, 5.74) is 2.16. The minimum absolute atomic E-state index is 0. The number of piperazine rings is 1. The quantitative estimate of drug-likeness (QED) is 0.899. The summed E-state index contributed by atoms with van der Waals surface area (Å²) in [6.07, 6.45) is 0. The lowest BCUT2D eigenvalue weighted by Crippen LogP contribution is -2.44. The molecule has 1 amide bonds. The van der Waals surface area contributed by atoms with Crippen LogP contribution in [0.25, 0.3) is 0 Å². The van der Waals surface area contributed by atoms with Crippen molar-refractivity contribution in [3.8, 4) is 0 Å². The van der Waals surface area contributed by atoms with E-state index in [2.05, 4.69) is 34.6 Å². The minimum atomic E-state index is -0.0297. The first-order chi connectivity index (χ1) is 8.66. The monoisotopic (exact) mass is 319 g/mol. The highest BCUT2D eigenvalue weighted by molar-refractivity contribution is 5.88. The third kappa shape index (κ3) is 5.29. The van der Waals surface area contributed by atoms with Gasteiger partial charge in [0.05, 0.1) is 0 Å². The summed E-state index contributed by atoms with van der Waals surface area (Å²) in [5.74, 6) is -0.0297. The molecule has 0 aliphatic carbocycles. The van der Waals surface area contributed by atoms with Crippen molar-refractivity contribution >= 4 is 36.4 Å². The average Bonchev–Trinajstić information content (AvgIpc) is 2.39. The molecule has 1 fully saturated rings. The number of nitrogens with zero attached hydrogens (tertiary/aromatic N) is 1. The lowest BCUT2D eigenvalue weighted by molar-refractivity contribution is -0.114. The van der Waals surface area contributed by atoms with Gasteiger partial charge < -0.3 is 10.6 Å². The second-order valence-electron chi connectivity index (χ2n) is 4.77. The van der Waals surface area contributed by atoms with Crippen molar-refractivity contribution in [3.63, 3.8) is 0 Å². The zero-order valence-corrected chi connectivity index (χ0v) is 13.5. The van der Waals surface area contributed by atoms with Crippen molar-refractivity contribution in [2.45, 2.75) is 19.9 Å². The molecule has 1 saturated heterocycles. The number of halogens is 2. The molecule has 0 spiro atoms. The van der Waals surface area contributed by atoms with Crippen LogP contribution in [0.15, 0.2) is 24.3 Å². The van der Waals surface area contributed by atoms with Crippen LogP contribution in [0.5, 0.6) is 0 Å². The second-order valence-corrected chi connectivity index (χ2v) is 4.77. The molecule has 6 heteroatoms. The summed E-state index contributed by atoms with van der Waals surface area (Å²) < 4.78 is 0. The fourth-order valence-corrected chi connectivity index (χ4v) is 2.33. The first-order valence-electron chi connectivity index (χ1n) is 6.49. The fourth-order valence-electron chi connectivity index (χ4n) is 2.33. The molecule has 20 heavy (non-hydrogen) atoms. The van der Waals surface area contributed by atoms with E-state index in [0.717, 1.165) is 31.9 Å². The Labute approximate surface area is 133 Å². The van der Waals surface area contributed by atoms with Gasteiger partial charge in [0.2, 0.25) is 5.91 Å². The van der Waals surface area contributed by atoms with Crippen LogP contribution in [0.4, 0.5) is 5.69 Å². The maximum atomic E-state index is 11.0. The predicted octanol–water partition coefficient (Wildman–Crippen LogP) is 2.45. The molecule has 1 aliphatic heterocycles. The Hall–Kier alpha value is -0.810. The summed E-state index contributed by atoms with van der Waals surface area (Å²) in [7, 11) is 0. The Morgan fingerprint density at radius 2 is 1.75 bits per heavy atom. The van der Waals surface area contributed by atoms with E-state index in [1.165, 1.54) is 12.5 Å². The zero-order chi connectivity index (χ0) is 13.0. The number of carbonyl (C=O) groups is 1. The Morgan fingerprint density at radius 3 is 2.25 bits per heavy atom. The molecular formula is C14H23Cl2N3O. The van der Waals surface area contributed by atoms with Gasteiger partial charge in [0.1, 0.15) is 0 Å². The number of benzene rings is 1. The molecule has 0 bridgehead atoms. The van der Waals surface area contributed by atoms with Gasteiger partial charge in [-0.1, -0.05) is 12.1 Å². The number of carbonyl (C=O) groups excluding carboxylic acids is 1. The second kappa shape index (κ2) is 9.19. The molecule has 2 N–H and O–H groups in total. The van der Waals surface area contributed by atoms with Gasteiger partial charge >= 0.3 is 0 Å². The van der Waals surface area contributed by atoms with Crippen LogP contribution in [-0.2, 0) is 4.79 Å². The van der Waals surface area contributed by atoms with Gasteiger partial charge in [-0.25, -0.2) is 0 Å². The number of amides is 1. The van der Waals surface area contributed by atoms with E-state index in [0.29, 0.717) is 6.04 Å². The fraction of sp³-hybridized carbons (Fsp3) is 0.500. The minimum Gasteiger partial charge on any atom is -0.326 e. The lowest BCUT2D eigenvalue weighted by atomic mass is 10.1. The number of nitrogens with one attached hydrogen (secondary N) is 2. The topological polar surface area (TPSA) is 44.4 Å². The van der Waals surface area contributed by atoms with Gasteiger partial charge in [0.15, 0.2) is 0 Å². The van der Waals surface area contributed by atoms with Crippen LogP contribution in [0, 0.1) is 0 Å². The van der Waals surface area contributed by atoms with E-state index in [4.69, 9.17) is 0 Å². The van der Waals surface area contributed by atoms with Crippen molar-refractivity contribution < 1.29 is 4.79 Å². The molecule has 0 aromatic heterocycles. The first-order valence-corrected chi connectivity index (χ1v) is 6.49. The smallest absolute Gasteiger partial charge is 0.221 e. The molecule has 2 rings (SSSR count). The zero-order valence-electron chi connectivity index (χ0n) is 11.9. The normalized spacial score (nSPS) is 16.5. The van der Waals surface area contributed by atoms with Gasteiger partial charge in [-0.05, 0) is 24.6 Å². The molecule has 1 aromatic rings. The Morgan fingerprint density at radius 1 is 1.20 bits per heavy atom. The average molecular weight is 320 g/mol. The molecule has 0 saturated carbocycles. The molecular weight excluding hydrogens is 297 g/mol. The third-order valence-electron chi connectivity index (χ3n) is 3.41. The van der Waals surface area contributed by atoms with E-state index >= 15 is 0 Å². The van der Waals surface area contributed by atoms with Crippen molar-refractivity contribution in [3.05, 3.63) is 29.8 Å². The van der Waals surface area contributed by atoms with Crippen molar-refractivity contribution in [1.29, 1.82) is 0 Å². The highest BCUT2D eigenvalue weighted by Crippen LogP contribution is 2.22. The van der Waals surface area contributed by atoms with Crippen LogP contribution in [-0.4, -0.2) is 37.0 Å². The molecule has 4 nitrogen and oxygen atoms in total. The summed E-state index contributed by atoms with van der Waals surface area (Å²) in [5, 5.41) is 6.15. The van der Waals surface area contributed by atoms with Crippen LogP contribution >= 0.6 is 24.8 Å². The van der Waals surface area contributed by atoms with Crippen LogP contribution in [0.3, 0.4) is 0 Å². The predicted molar refractivity (Wildman–Crippen MR) is 88.1 cm³/mol. The Balaban J connectivity index is 0.00000180. The van der Waals surface area contributed by atoms with E-state index in [-0.39, 0.29) is 30.7 Å². The number of anilines is 1. The van der Waals surface area contributed by atoms with E-state index in [1.54, 1.807) is 0 Å². The highest BCUT2D eigenvalue weighted by Gasteiger charge is 2.17. The van der Waals surface area contributed by atoms with Crippen LogP contribution < -0.4 is 10.6 Å². The number of rotatable bonds is 3. The highest BCUT2D eigenvalue weighted by atomic mass is 35.5. The van der Waals surface area contributed by atoms with Crippen LogP contribution in [0.2, 0.25) is 0 Å². The molecule has 1 aromatic carbocycles. The van der Waals surface area contributed by atoms with E-state index < -0.39 is 0 Å². The van der Waals surface area contributed by atoms with Gasteiger partial charge in [0, 0.05) is 44.8 Å². The molecule has 1 atom stereocenters. The summed E-state index contributed by atoms with van der Waals surface area (Å²) in [6, 6.07) is 8.55. The largest absolute Gasteiger partial charge is 0.326 e. The Bertz CT molecular complexity index is 405. The number of hydrogen-bond acceptors (Lipinski definition) is 3. The van der Waals surface area contributed by atoms with Crippen LogP contribution in [0.1, 0.15) is 25.5 Å². The van der Waals surface area contributed by atoms with Crippen molar-refractivity contribution in [2.75, 3.05) is 31.5 Å². The molecule has 0 radical (unpaired) electrons. The third-order valence-corrected chi connectivity index (χ3v) is 3.41. The Kier molecular flexibility index (Phi) is 8.81. The van der Waals surface area contributed by atoms with Gasteiger partial charge in [0.25, 0.3) is 0 Å². The standard InChI is InChI=1S/C14H21N3O.2ClH/c1-11(17-9-7-15-8-10-17)13-3-5-14(6-4-13)16-12(2)18;;/h3-6,11,15H,7-10H2,1-2H3,(H,16,18);2*1H/t11-;;/m0../s1. The maximum absolute atomic E-state index is 11.0. The van der Waals surface area contributed by atoms with E-state index in [9.17, 15) is 4.79 Å². The summed E-state index contributed by atoms with van der Waals surface area (Å²) in [6.45, 7) is 8.07. The lowest BCUT2D eigenvalue weighted by Gasteiger charge is -2.33. The van der Waals surface area contributed by atoms with Gasteiger partial charge in [-0.15, -0.1) is 24.8 Å². The molecule has 0 unspecified atom stereocenters. The first kappa shape index (κ1) is 19.2. The van der Waals surface area contributed by atoms with E-state index in [1.807, 2.05) is 12.1 Å². The maximum Gasteiger partial charge on any atom is 0.221 e. The molecule has 1 aliphatic rings. The van der Waals surface area contributed by atoms with Gasteiger partial charge in [-0.2, -0.15) is 0 Å². The SMILES string of the molecule is CC(=O)Nc1ccc([C@H](C)N2CCNCC2)cc1.Cl.Cl. The summed E-state index contributed by atoms with van der Waals surface area (Å²) >= 11 is 0. The summed E-state index contributed by atoms with van der Waals surface area (Å²) in [4.78, 5) is 13.4. The molecule has 114 valence electrons. The molecule has 1 heterocycles.